The second-order valence-corrected chi connectivity index (χ2v) is 9.66. The van der Waals surface area contributed by atoms with Gasteiger partial charge in [0.05, 0.1) is 8.81 Å². The first-order valence-electron chi connectivity index (χ1n) is 6.39. The third kappa shape index (κ3) is 3.94. The van der Waals surface area contributed by atoms with E-state index >= 15 is 0 Å². The summed E-state index contributed by atoms with van der Waals surface area (Å²) in [5.74, 6) is 0.639. The molecule has 1 aliphatic rings. The molecule has 0 saturated heterocycles. The lowest BCUT2D eigenvalue weighted by atomic mass is 9.85. The van der Waals surface area contributed by atoms with E-state index in [9.17, 15) is 8.42 Å². The number of rotatable bonds is 4. The van der Waals surface area contributed by atoms with E-state index in [1.54, 1.807) is 0 Å². The molecule has 3 nitrogen and oxygen atoms in total. The molecule has 1 fully saturated rings. The van der Waals surface area contributed by atoms with Crippen LogP contribution >= 0.6 is 38.9 Å². The summed E-state index contributed by atoms with van der Waals surface area (Å²) in [4.78, 5) is 0. The van der Waals surface area contributed by atoms with Gasteiger partial charge >= 0.3 is 0 Å². The van der Waals surface area contributed by atoms with Crippen LogP contribution in [0.2, 0.25) is 5.02 Å². The Morgan fingerprint density at radius 3 is 2.84 bits per heavy atom. The number of hydrogen-bond donors (Lipinski definition) is 1. The van der Waals surface area contributed by atoms with Crippen LogP contribution in [0, 0.1) is 5.92 Å². The van der Waals surface area contributed by atoms with Crippen molar-refractivity contribution in [1.29, 1.82) is 0 Å². The van der Waals surface area contributed by atoms with Gasteiger partial charge in [0.25, 0.3) is 0 Å². The molecule has 108 valence electrons. The van der Waals surface area contributed by atoms with Crippen molar-refractivity contribution in [3.8, 4) is 0 Å². The van der Waals surface area contributed by atoms with Crippen LogP contribution in [-0.4, -0.2) is 14.5 Å². The summed E-state index contributed by atoms with van der Waals surface area (Å²) < 4.78 is 28.3. The largest absolute Gasteiger partial charge is 0.250 e. The summed E-state index contributed by atoms with van der Waals surface area (Å²) in [5.41, 5.74) is 0. The number of halogens is 2. The topological polar surface area (TPSA) is 46.2 Å². The molecule has 1 aromatic rings. The van der Waals surface area contributed by atoms with E-state index in [2.05, 4.69) is 27.6 Å². The first kappa shape index (κ1) is 15.8. The second-order valence-electron chi connectivity index (χ2n) is 4.95. The molecule has 0 amide bonds. The summed E-state index contributed by atoms with van der Waals surface area (Å²) >= 11 is 10.3. The van der Waals surface area contributed by atoms with Gasteiger partial charge in [0, 0.05) is 6.04 Å². The van der Waals surface area contributed by atoms with Gasteiger partial charge in [0.2, 0.25) is 10.0 Å². The molecule has 1 aliphatic carbocycles. The van der Waals surface area contributed by atoms with Crippen molar-refractivity contribution in [2.24, 2.45) is 5.92 Å². The van der Waals surface area contributed by atoms with Crippen LogP contribution < -0.4 is 4.72 Å². The van der Waals surface area contributed by atoms with Gasteiger partial charge in [-0.25, -0.2) is 13.1 Å². The van der Waals surface area contributed by atoms with Gasteiger partial charge in [-0.05, 0) is 40.8 Å². The van der Waals surface area contributed by atoms with Crippen molar-refractivity contribution in [3.05, 3.63) is 14.9 Å². The molecule has 0 radical (unpaired) electrons. The second kappa shape index (κ2) is 6.43. The van der Waals surface area contributed by atoms with E-state index < -0.39 is 10.0 Å². The molecule has 2 rings (SSSR count). The van der Waals surface area contributed by atoms with Crippen LogP contribution in [0.1, 0.15) is 39.0 Å². The molecule has 7 heteroatoms. The minimum atomic E-state index is -3.44. The van der Waals surface area contributed by atoms with Crippen LogP contribution in [-0.2, 0) is 10.0 Å². The fourth-order valence-corrected chi connectivity index (χ4v) is 6.20. The van der Waals surface area contributed by atoms with Crippen LogP contribution in [0.15, 0.2) is 14.1 Å². The lowest BCUT2D eigenvalue weighted by Gasteiger charge is -2.28. The van der Waals surface area contributed by atoms with Gasteiger partial charge in [-0.15, -0.1) is 11.3 Å². The van der Waals surface area contributed by atoms with Crippen LogP contribution in [0.3, 0.4) is 0 Å². The predicted octanol–water partition coefficient (Wildman–Crippen LogP) is 4.41. The Morgan fingerprint density at radius 1 is 1.53 bits per heavy atom. The normalized spacial score (nSPS) is 24.6. The Kier molecular flexibility index (Phi) is 5.34. The predicted molar refractivity (Wildman–Crippen MR) is 83.4 cm³/mol. The quantitative estimate of drug-likeness (QED) is 0.833. The van der Waals surface area contributed by atoms with Crippen LogP contribution in [0.4, 0.5) is 0 Å². The van der Waals surface area contributed by atoms with Crippen molar-refractivity contribution in [2.75, 3.05) is 0 Å². The molecule has 1 N–H and O–H groups in total. The van der Waals surface area contributed by atoms with Crippen LogP contribution in [0.25, 0.3) is 0 Å². The monoisotopic (exact) mass is 385 g/mol. The SMILES string of the molecule is CCC1CCCC(NS(=O)(=O)c2cc(Cl)c(Br)s2)C1. The zero-order valence-corrected chi connectivity index (χ0v) is 14.6. The van der Waals surface area contributed by atoms with E-state index in [1.165, 1.54) is 12.5 Å². The summed E-state index contributed by atoms with van der Waals surface area (Å²) in [7, 11) is -3.44. The highest BCUT2D eigenvalue weighted by atomic mass is 79.9. The summed E-state index contributed by atoms with van der Waals surface area (Å²) in [6.45, 7) is 2.16. The molecule has 0 spiro atoms. The van der Waals surface area contributed by atoms with Gasteiger partial charge in [-0.3, -0.25) is 0 Å². The Hall–Kier alpha value is 0.380. The number of thiophene rings is 1. The maximum Gasteiger partial charge on any atom is 0.250 e. The molecule has 2 atom stereocenters. The summed E-state index contributed by atoms with van der Waals surface area (Å²) in [6, 6.07) is 1.56. The van der Waals surface area contributed by atoms with Crippen molar-refractivity contribution >= 4 is 48.9 Å². The molecule has 0 bridgehead atoms. The van der Waals surface area contributed by atoms with Crippen molar-refractivity contribution < 1.29 is 8.42 Å². The third-order valence-corrected chi connectivity index (χ3v) is 8.04. The first-order chi connectivity index (χ1) is 8.92. The molecule has 2 unspecified atom stereocenters. The molecular weight excluding hydrogens is 370 g/mol. The highest BCUT2D eigenvalue weighted by molar-refractivity contribution is 9.11. The molecule has 0 aromatic carbocycles. The fraction of sp³-hybridized carbons (Fsp3) is 0.667. The Morgan fingerprint density at radius 2 is 2.26 bits per heavy atom. The molecule has 1 saturated carbocycles. The zero-order chi connectivity index (χ0) is 14.0. The van der Waals surface area contributed by atoms with Gasteiger partial charge < -0.3 is 0 Å². The summed E-state index contributed by atoms with van der Waals surface area (Å²) in [5, 5.41) is 0.445. The van der Waals surface area contributed by atoms with E-state index in [4.69, 9.17) is 11.6 Å². The first-order valence-corrected chi connectivity index (χ1v) is 9.86. The Bertz CT molecular complexity index is 524. The minimum Gasteiger partial charge on any atom is -0.207 e. The van der Waals surface area contributed by atoms with Gasteiger partial charge in [-0.1, -0.05) is 37.8 Å². The highest BCUT2D eigenvalue weighted by Crippen LogP contribution is 2.35. The molecule has 1 aromatic heterocycles. The molecule has 19 heavy (non-hydrogen) atoms. The lowest BCUT2D eigenvalue weighted by Crippen LogP contribution is -2.37. The number of nitrogens with one attached hydrogen (secondary N) is 1. The van der Waals surface area contributed by atoms with Gasteiger partial charge in [-0.2, -0.15) is 0 Å². The number of sulfonamides is 1. The zero-order valence-electron chi connectivity index (χ0n) is 10.7. The van der Waals surface area contributed by atoms with Gasteiger partial charge in [0.15, 0.2) is 0 Å². The molecular formula is C12H17BrClNO2S2. The third-order valence-electron chi connectivity index (χ3n) is 3.57. The lowest BCUT2D eigenvalue weighted by molar-refractivity contribution is 0.301. The maximum atomic E-state index is 12.3. The van der Waals surface area contributed by atoms with Crippen molar-refractivity contribution in [3.63, 3.8) is 0 Å². The Balaban J connectivity index is 2.08. The standard InChI is InChI=1S/C12H17BrClNO2S2/c1-2-8-4-3-5-9(6-8)15-19(16,17)11-7-10(14)12(13)18-11/h7-9,15H,2-6H2,1H3. The fourth-order valence-electron chi connectivity index (χ4n) is 2.51. The van der Waals surface area contributed by atoms with E-state index in [0.29, 0.717) is 14.7 Å². The number of hydrogen-bond acceptors (Lipinski definition) is 3. The smallest absolute Gasteiger partial charge is 0.207 e. The van der Waals surface area contributed by atoms with Crippen LogP contribution in [0.5, 0.6) is 0 Å². The maximum absolute atomic E-state index is 12.3. The van der Waals surface area contributed by atoms with E-state index in [0.717, 1.165) is 37.0 Å². The highest BCUT2D eigenvalue weighted by Gasteiger charge is 2.27. The van der Waals surface area contributed by atoms with E-state index in [-0.39, 0.29) is 10.3 Å². The van der Waals surface area contributed by atoms with Crippen molar-refractivity contribution in [2.45, 2.75) is 49.3 Å². The van der Waals surface area contributed by atoms with Gasteiger partial charge in [0.1, 0.15) is 4.21 Å². The average Bonchev–Trinajstić information content (AvgIpc) is 2.70. The average molecular weight is 387 g/mol. The van der Waals surface area contributed by atoms with E-state index in [1.807, 2.05) is 0 Å². The summed E-state index contributed by atoms with van der Waals surface area (Å²) in [6.07, 6.45) is 5.30. The molecule has 0 aliphatic heterocycles. The Labute approximate surface area is 131 Å². The minimum absolute atomic E-state index is 0.0587. The molecule has 1 heterocycles. The van der Waals surface area contributed by atoms with Crippen molar-refractivity contribution in [1.82, 2.24) is 4.72 Å².